The highest BCUT2D eigenvalue weighted by Gasteiger charge is 2.10. The van der Waals surface area contributed by atoms with Crippen molar-refractivity contribution in [1.82, 2.24) is 5.32 Å². The van der Waals surface area contributed by atoms with Gasteiger partial charge in [0.1, 0.15) is 5.78 Å². The lowest BCUT2D eigenvalue weighted by Crippen LogP contribution is -2.33. The Morgan fingerprint density at radius 2 is 2.09 bits per heavy atom. The molecule has 0 aromatic carbocycles. The van der Waals surface area contributed by atoms with Crippen LogP contribution in [0.3, 0.4) is 0 Å². The first kappa shape index (κ1) is 10.6. The van der Waals surface area contributed by atoms with E-state index >= 15 is 0 Å². The molecule has 0 aliphatic carbocycles. The number of Topliss-reactive ketones (excluding diaryl/α,β-unsaturated/α-hetero) is 1. The van der Waals surface area contributed by atoms with Gasteiger partial charge in [-0.3, -0.25) is 10.1 Å². The van der Waals surface area contributed by atoms with Gasteiger partial charge in [-0.15, -0.1) is 0 Å². The maximum atomic E-state index is 12.8. The van der Waals surface area contributed by atoms with Crippen molar-refractivity contribution in [3.8, 4) is 0 Å². The molecule has 2 nitrogen and oxygen atoms in total. The van der Waals surface area contributed by atoms with E-state index in [4.69, 9.17) is 0 Å². The molecule has 11 heavy (non-hydrogen) atoms. The summed E-state index contributed by atoms with van der Waals surface area (Å²) in [6.45, 7) is 5.46. The highest BCUT2D eigenvalue weighted by Crippen LogP contribution is 2.01. The molecule has 0 amide bonds. The summed E-state index contributed by atoms with van der Waals surface area (Å²) in [5.41, 5.74) is 0. The normalized spacial score (nSPS) is 13.5. The molecule has 0 saturated heterocycles. The van der Waals surface area contributed by atoms with Crippen LogP contribution in [-0.4, -0.2) is 18.6 Å². The first-order valence-corrected chi connectivity index (χ1v) is 3.97. The second-order valence-corrected chi connectivity index (χ2v) is 2.92. The van der Waals surface area contributed by atoms with Crippen molar-refractivity contribution < 1.29 is 9.18 Å². The predicted molar refractivity (Wildman–Crippen MR) is 43.0 cm³/mol. The number of carbonyl (C=O) groups excluding carboxylic acids is 1. The van der Waals surface area contributed by atoms with Gasteiger partial charge in [0, 0.05) is 6.42 Å². The molecule has 0 aliphatic rings. The maximum absolute atomic E-state index is 12.8. The molecule has 0 spiro atoms. The first-order chi connectivity index (χ1) is 5.07. The largest absolute Gasteiger partial charge is 0.298 e. The Kier molecular flexibility index (Phi) is 5.03. The number of carbonyl (C=O) groups is 1. The van der Waals surface area contributed by atoms with Crippen molar-refractivity contribution in [2.24, 2.45) is 5.92 Å². The van der Waals surface area contributed by atoms with Gasteiger partial charge in [0.15, 0.2) is 6.30 Å². The predicted octanol–water partition coefficient (Wildman–Crippen LogP) is 1.51. The molecule has 0 rings (SSSR count). The van der Waals surface area contributed by atoms with Gasteiger partial charge in [0.05, 0.1) is 6.54 Å². The minimum Gasteiger partial charge on any atom is -0.298 e. The van der Waals surface area contributed by atoms with E-state index in [1.165, 1.54) is 0 Å². The average Bonchev–Trinajstić information content (AvgIpc) is 1.99. The molecule has 0 bridgehead atoms. The molecule has 0 aromatic rings. The smallest absolute Gasteiger partial charge is 0.153 e. The minimum atomic E-state index is -1.06. The van der Waals surface area contributed by atoms with E-state index < -0.39 is 6.30 Å². The summed E-state index contributed by atoms with van der Waals surface area (Å²) in [6.07, 6.45) is -0.594. The standard InChI is InChI=1S/C8H16FNO/c1-4-7(11)5-10-8(9)6(2)3/h6,8,10H,4-5H2,1-3H3. The minimum absolute atomic E-state index is 0.0494. The highest BCUT2D eigenvalue weighted by molar-refractivity contribution is 5.80. The Balaban J connectivity index is 3.45. The first-order valence-electron chi connectivity index (χ1n) is 3.97. The summed E-state index contributed by atoms with van der Waals surface area (Å²) in [5.74, 6) is -0.0204. The lowest BCUT2D eigenvalue weighted by atomic mass is 10.2. The van der Waals surface area contributed by atoms with Crippen molar-refractivity contribution in [2.45, 2.75) is 33.5 Å². The van der Waals surface area contributed by atoms with Crippen molar-refractivity contribution in [2.75, 3.05) is 6.54 Å². The van der Waals surface area contributed by atoms with Gasteiger partial charge in [0.25, 0.3) is 0 Å². The van der Waals surface area contributed by atoms with Crippen molar-refractivity contribution >= 4 is 5.78 Å². The Morgan fingerprint density at radius 3 is 2.45 bits per heavy atom. The zero-order valence-electron chi connectivity index (χ0n) is 7.36. The fourth-order valence-electron chi connectivity index (χ4n) is 0.572. The molecule has 1 N–H and O–H groups in total. The molecule has 1 unspecified atom stereocenters. The summed E-state index contributed by atoms with van der Waals surface area (Å²) >= 11 is 0. The number of hydrogen-bond donors (Lipinski definition) is 1. The summed E-state index contributed by atoms with van der Waals surface area (Å²) < 4.78 is 12.8. The van der Waals surface area contributed by atoms with Gasteiger partial charge in [-0.25, -0.2) is 4.39 Å². The fraction of sp³-hybridized carbons (Fsp3) is 0.875. The van der Waals surface area contributed by atoms with E-state index in [-0.39, 0.29) is 18.2 Å². The van der Waals surface area contributed by atoms with Gasteiger partial charge < -0.3 is 0 Å². The molecule has 66 valence electrons. The second kappa shape index (κ2) is 5.24. The van der Waals surface area contributed by atoms with Crippen molar-refractivity contribution in [3.63, 3.8) is 0 Å². The molecule has 0 heterocycles. The highest BCUT2D eigenvalue weighted by atomic mass is 19.1. The summed E-state index contributed by atoms with van der Waals surface area (Å²) in [7, 11) is 0. The van der Waals surface area contributed by atoms with Crippen molar-refractivity contribution in [1.29, 1.82) is 0 Å². The second-order valence-electron chi connectivity index (χ2n) is 2.92. The topological polar surface area (TPSA) is 29.1 Å². The zero-order valence-corrected chi connectivity index (χ0v) is 7.36. The number of alkyl halides is 1. The van der Waals surface area contributed by atoms with Gasteiger partial charge >= 0.3 is 0 Å². The molecular formula is C8H16FNO. The van der Waals surface area contributed by atoms with Crippen LogP contribution in [0.1, 0.15) is 27.2 Å². The number of nitrogens with one attached hydrogen (secondary N) is 1. The van der Waals surface area contributed by atoms with Crippen LogP contribution in [0.4, 0.5) is 4.39 Å². The van der Waals surface area contributed by atoms with Gasteiger partial charge in [-0.2, -0.15) is 0 Å². The lowest BCUT2D eigenvalue weighted by molar-refractivity contribution is -0.118. The van der Waals surface area contributed by atoms with E-state index in [2.05, 4.69) is 5.32 Å². The number of rotatable bonds is 5. The number of ketones is 1. The SMILES string of the molecule is CCC(=O)CNC(F)C(C)C. The van der Waals surface area contributed by atoms with Crippen LogP contribution in [0, 0.1) is 5.92 Å². The van der Waals surface area contributed by atoms with Gasteiger partial charge in [-0.05, 0) is 5.92 Å². The molecule has 0 fully saturated rings. The van der Waals surface area contributed by atoms with Crippen molar-refractivity contribution in [3.05, 3.63) is 0 Å². The Labute approximate surface area is 67.2 Å². The average molecular weight is 161 g/mol. The number of halogens is 1. The Morgan fingerprint density at radius 1 is 1.55 bits per heavy atom. The summed E-state index contributed by atoms with van der Waals surface area (Å²) in [5, 5.41) is 2.52. The molecule has 0 aliphatic heterocycles. The van der Waals surface area contributed by atoms with E-state index in [9.17, 15) is 9.18 Å². The zero-order chi connectivity index (χ0) is 8.85. The van der Waals surface area contributed by atoms with E-state index in [0.29, 0.717) is 6.42 Å². The summed E-state index contributed by atoms with van der Waals surface area (Å²) in [4.78, 5) is 10.7. The molecule has 1 atom stereocenters. The van der Waals surface area contributed by atoms with E-state index in [0.717, 1.165) is 0 Å². The van der Waals surface area contributed by atoms with Crippen LogP contribution >= 0.6 is 0 Å². The van der Waals surface area contributed by atoms with Crippen LogP contribution in [0.2, 0.25) is 0 Å². The molecule has 0 saturated carbocycles. The van der Waals surface area contributed by atoms with Gasteiger partial charge in [0.2, 0.25) is 0 Å². The van der Waals surface area contributed by atoms with Gasteiger partial charge in [-0.1, -0.05) is 20.8 Å². The quantitative estimate of drug-likeness (QED) is 0.619. The maximum Gasteiger partial charge on any atom is 0.153 e. The monoisotopic (exact) mass is 161 g/mol. The molecule has 0 aromatic heterocycles. The third-order valence-corrected chi connectivity index (χ3v) is 1.47. The van der Waals surface area contributed by atoms with Crippen LogP contribution in [-0.2, 0) is 4.79 Å². The van der Waals surface area contributed by atoms with Crippen LogP contribution in [0.25, 0.3) is 0 Å². The third kappa shape index (κ3) is 4.90. The fourth-order valence-corrected chi connectivity index (χ4v) is 0.572. The summed E-state index contributed by atoms with van der Waals surface area (Å²) in [6, 6.07) is 0. The van der Waals surface area contributed by atoms with E-state index in [1.54, 1.807) is 20.8 Å². The van der Waals surface area contributed by atoms with E-state index in [1.807, 2.05) is 0 Å². The molecule has 0 radical (unpaired) electrons. The lowest BCUT2D eigenvalue weighted by Gasteiger charge is -2.12. The van der Waals surface area contributed by atoms with Crippen LogP contribution in [0.5, 0.6) is 0 Å². The Bertz CT molecular complexity index is 125. The third-order valence-electron chi connectivity index (χ3n) is 1.47. The van der Waals surface area contributed by atoms with Crippen LogP contribution in [0.15, 0.2) is 0 Å². The molecule has 3 heteroatoms. The number of hydrogen-bond acceptors (Lipinski definition) is 2. The van der Waals surface area contributed by atoms with Crippen LogP contribution < -0.4 is 5.32 Å². The molecular weight excluding hydrogens is 145 g/mol. The Hall–Kier alpha value is -0.440.